The number of rotatable bonds is 7. The van der Waals surface area contributed by atoms with E-state index in [-0.39, 0.29) is 11.9 Å². The zero-order valence-electron chi connectivity index (χ0n) is 16.3. The predicted octanol–water partition coefficient (Wildman–Crippen LogP) is 3.39. The van der Waals surface area contributed by atoms with Crippen LogP contribution in [0.4, 0.5) is 0 Å². The summed E-state index contributed by atoms with van der Waals surface area (Å²) in [6.45, 7) is 1.93. The van der Waals surface area contributed by atoms with Crippen LogP contribution in [-0.2, 0) is 0 Å². The van der Waals surface area contributed by atoms with Gasteiger partial charge >= 0.3 is 0 Å². The van der Waals surface area contributed by atoms with Crippen molar-refractivity contribution >= 4 is 5.91 Å². The molecule has 3 aromatic rings. The lowest BCUT2D eigenvalue weighted by Crippen LogP contribution is -2.26. The Balaban J connectivity index is 1.77. The van der Waals surface area contributed by atoms with Crippen LogP contribution in [0.5, 0.6) is 17.2 Å². The van der Waals surface area contributed by atoms with Crippen molar-refractivity contribution in [1.29, 1.82) is 0 Å². The molecule has 7 heteroatoms. The Kier molecular flexibility index (Phi) is 5.84. The fourth-order valence-corrected chi connectivity index (χ4v) is 2.92. The van der Waals surface area contributed by atoms with E-state index in [2.05, 4.69) is 10.3 Å². The minimum atomic E-state index is -0.231. The third-order valence-electron chi connectivity index (χ3n) is 4.47. The lowest BCUT2D eigenvalue weighted by molar-refractivity contribution is 0.0939. The number of benzene rings is 2. The summed E-state index contributed by atoms with van der Waals surface area (Å²) in [7, 11) is 4.56. The Morgan fingerprint density at radius 3 is 2.18 bits per heavy atom. The second-order valence-electron chi connectivity index (χ2n) is 6.17. The smallest absolute Gasteiger partial charge is 0.252 e. The van der Waals surface area contributed by atoms with E-state index < -0.39 is 0 Å². The Bertz CT molecular complexity index is 912. The number of nitrogens with one attached hydrogen (secondary N) is 1. The van der Waals surface area contributed by atoms with Crippen LogP contribution >= 0.6 is 0 Å². The van der Waals surface area contributed by atoms with Crippen LogP contribution in [0.1, 0.15) is 28.9 Å². The van der Waals surface area contributed by atoms with Gasteiger partial charge in [-0.2, -0.15) is 0 Å². The SMILES string of the molecule is COc1cc(C(=O)N[C@@H](C)c2ccc(-n3ccnc3)cc2)cc(OC)c1OC. The van der Waals surface area contributed by atoms with Crippen molar-refractivity contribution in [2.75, 3.05) is 21.3 Å². The number of hydrogen-bond donors (Lipinski definition) is 1. The molecule has 2 aromatic carbocycles. The second-order valence-corrected chi connectivity index (χ2v) is 6.17. The molecule has 0 fully saturated rings. The second kappa shape index (κ2) is 8.47. The molecule has 3 rings (SSSR count). The highest BCUT2D eigenvalue weighted by Gasteiger charge is 2.18. The van der Waals surface area contributed by atoms with Gasteiger partial charge in [0.15, 0.2) is 11.5 Å². The summed E-state index contributed by atoms with van der Waals surface area (Å²) in [5.41, 5.74) is 2.42. The predicted molar refractivity (Wildman–Crippen MR) is 106 cm³/mol. The summed E-state index contributed by atoms with van der Waals surface area (Å²) in [6.07, 6.45) is 5.35. The molecule has 0 spiro atoms. The van der Waals surface area contributed by atoms with Gasteiger partial charge in [0.2, 0.25) is 5.75 Å². The fourth-order valence-electron chi connectivity index (χ4n) is 2.92. The first-order chi connectivity index (χ1) is 13.6. The van der Waals surface area contributed by atoms with E-state index in [1.807, 2.05) is 42.0 Å². The summed E-state index contributed by atoms with van der Waals surface area (Å²) in [5.74, 6) is 1.09. The molecule has 0 aliphatic rings. The summed E-state index contributed by atoms with van der Waals surface area (Å²) in [6, 6.07) is 11.0. The van der Waals surface area contributed by atoms with Gasteiger partial charge in [-0.15, -0.1) is 0 Å². The maximum atomic E-state index is 12.7. The van der Waals surface area contributed by atoms with Crippen LogP contribution in [0.2, 0.25) is 0 Å². The number of hydrogen-bond acceptors (Lipinski definition) is 5. The number of amides is 1. The molecule has 146 valence electrons. The zero-order chi connectivity index (χ0) is 20.1. The molecule has 0 unspecified atom stereocenters. The van der Waals surface area contributed by atoms with Gasteiger partial charge in [0.05, 0.1) is 33.7 Å². The molecule has 0 saturated carbocycles. The first-order valence-electron chi connectivity index (χ1n) is 8.76. The highest BCUT2D eigenvalue weighted by molar-refractivity contribution is 5.95. The number of imidazole rings is 1. The van der Waals surface area contributed by atoms with Crippen LogP contribution < -0.4 is 19.5 Å². The molecule has 0 saturated heterocycles. The minimum absolute atomic E-state index is 0.177. The van der Waals surface area contributed by atoms with Crippen molar-refractivity contribution in [2.45, 2.75) is 13.0 Å². The third kappa shape index (κ3) is 3.93. The molecule has 1 N–H and O–H groups in total. The molecule has 0 aliphatic carbocycles. The molecular weight excluding hydrogens is 358 g/mol. The average Bonchev–Trinajstić information content (AvgIpc) is 3.27. The van der Waals surface area contributed by atoms with Crippen LogP contribution in [0.15, 0.2) is 55.1 Å². The molecule has 0 bridgehead atoms. The van der Waals surface area contributed by atoms with E-state index >= 15 is 0 Å². The first kappa shape index (κ1) is 19.3. The van der Waals surface area contributed by atoms with E-state index in [4.69, 9.17) is 14.2 Å². The van der Waals surface area contributed by atoms with E-state index in [1.165, 1.54) is 21.3 Å². The van der Waals surface area contributed by atoms with E-state index in [9.17, 15) is 4.79 Å². The summed E-state index contributed by atoms with van der Waals surface area (Å²) >= 11 is 0. The standard InChI is InChI=1S/C21H23N3O4/c1-14(15-5-7-17(8-6-15)24-10-9-22-13-24)23-21(25)16-11-18(26-2)20(28-4)19(12-16)27-3/h5-14H,1-4H3,(H,23,25)/t14-/m0/s1. The Morgan fingerprint density at radius 2 is 1.68 bits per heavy atom. The molecule has 28 heavy (non-hydrogen) atoms. The maximum absolute atomic E-state index is 12.7. The lowest BCUT2D eigenvalue weighted by Gasteiger charge is -2.17. The molecule has 1 heterocycles. The van der Waals surface area contributed by atoms with E-state index in [0.29, 0.717) is 22.8 Å². The van der Waals surface area contributed by atoms with Crippen molar-refractivity contribution in [3.63, 3.8) is 0 Å². The minimum Gasteiger partial charge on any atom is -0.493 e. The molecule has 1 aromatic heterocycles. The van der Waals surface area contributed by atoms with Gasteiger partial charge in [-0.1, -0.05) is 12.1 Å². The highest BCUT2D eigenvalue weighted by Crippen LogP contribution is 2.38. The average molecular weight is 381 g/mol. The summed E-state index contributed by atoms with van der Waals surface area (Å²) in [5, 5.41) is 3.00. The molecular formula is C21H23N3O4. The Morgan fingerprint density at radius 1 is 1.04 bits per heavy atom. The van der Waals surface area contributed by atoms with Gasteiger partial charge in [0, 0.05) is 23.6 Å². The fraction of sp³-hybridized carbons (Fsp3) is 0.238. The van der Waals surface area contributed by atoms with Crippen molar-refractivity contribution in [3.8, 4) is 22.9 Å². The quantitative estimate of drug-likeness (QED) is 0.679. The van der Waals surface area contributed by atoms with Gasteiger partial charge < -0.3 is 24.1 Å². The number of carbonyl (C=O) groups is 1. The normalized spacial score (nSPS) is 11.6. The Labute approximate surface area is 163 Å². The van der Waals surface area contributed by atoms with Crippen LogP contribution in [0.25, 0.3) is 5.69 Å². The zero-order valence-corrected chi connectivity index (χ0v) is 16.3. The number of methoxy groups -OCH3 is 3. The van der Waals surface area contributed by atoms with Gasteiger partial charge in [-0.05, 0) is 36.8 Å². The molecule has 7 nitrogen and oxygen atoms in total. The monoisotopic (exact) mass is 381 g/mol. The van der Waals surface area contributed by atoms with Gasteiger partial charge in [-0.25, -0.2) is 4.98 Å². The van der Waals surface area contributed by atoms with Crippen LogP contribution in [-0.4, -0.2) is 36.8 Å². The van der Waals surface area contributed by atoms with Crippen molar-refractivity contribution in [3.05, 3.63) is 66.2 Å². The maximum Gasteiger partial charge on any atom is 0.252 e. The van der Waals surface area contributed by atoms with Crippen molar-refractivity contribution in [1.82, 2.24) is 14.9 Å². The van der Waals surface area contributed by atoms with Gasteiger partial charge in [0.1, 0.15) is 0 Å². The molecule has 0 aliphatic heterocycles. The van der Waals surface area contributed by atoms with Crippen LogP contribution in [0, 0.1) is 0 Å². The Hall–Kier alpha value is -3.48. The number of aromatic nitrogens is 2. The molecule has 1 amide bonds. The number of carbonyl (C=O) groups excluding carboxylic acids is 1. The molecule has 1 atom stereocenters. The molecule has 0 radical (unpaired) electrons. The summed E-state index contributed by atoms with van der Waals surface area (Å²) in [4.78, 5) is 16.8. The summed E-state index contributed by atoms with van der Waals surface area (Å²) < 4.78 is 17.8. The third-order valence-corrected chi connectivity index (χ3v) is 4.47. The number of ether oxygens (including phenoxy) is 3. The number of nitrogens with zero attached hydrogens (tertiary/aromatic N) is 2. The highest BCUT2D eigenvalue weighted by atomic mass is 16.5. The largest absolute Gasteiger partial charge is 0.493 e. The van der Waals surface area contributed by atoms with E-state index in [0.717, 1.165) is 11.3 Å². The van der Waals surface area contributed by atoms with Crippen molar-refractivity contribution < 1.29 is 19.0 Å². The van der Waals surface area contributed by atoms with Crippen LogP contribution in [0.3, 0.4) is 0 Å². The topological polar surface area (TPSA) is 74.6 Å². The van der Waals surface area contributed by atoms with E-state index in [1.54, 1.807) is 24.7 Å². The first-order valence-corrected chi connectivity index (χ1v) is 8.76. The van der Waals surface area contributed by atoms with Gasteiger partial charge in [0.25, 0.3) is 5.91 Å². The van der Waals surface area contributed by atoms with Gasteiger partial charge in [-0.3, -0.25) is 4.79 Å². The van der Waals surface area contributed by atoms with Crippen molar-refractivity contribution in [2.24, 2.45) is 0 Å². The lowest BCUT2D eigenvalue weighted by atomic mass is 10.1.